The molecule has 21 heavy (non-hydrogen) atoms. The van der Waals surface area contributed by atoms with Gasteiger partial charge >= 0.3 is 10.3 Å². The number of benzene rings is 1. The van der Waals surface area contributed by atoms with E-state index in [1.54, 1.807) is 32.0 Å². The van der Waals surface area contributed by atoms with E-state index in [0.717, 1.165) is 0 Å². The number of ether oxygens (including phenoxy) is 2. The summed E-state index contributed by atoms with van der Waals surface area (Å²) in [5, 5.41) is 5.48. The zero-order valence-corrected chi connectivity index (χ0v) is 13.6. The van der Waals surface area contributed by atoms with Crippen LogP contribution in [0.1, 0.15) is 19.4 Å². The fourth-order valence-electron chi connectivity index (χ4n) is 1.80. The molecular formula is C12H13Cl2NO5S. The predicted molar refractivity (Wildman–Crippen MR) is 78.7 cm³/mol. The molecule has 116 valence electrons. The van der Waals surface area contributed by atoms with E-state index < -0.39 is 22.7 Å². The Morgan fingerprint density at radius 1 is 1.24 bits per heavy atom. The third kappa shape index (κ3) is 4.02. The third-order valence-electron chi connectivity index (χ3n) is 2.51. The molecule has 0 saturated heterocycles. The Kier molecular flexibility index (Phi) is 4.41. The standard InChI is InChI=1S/C12H13Cl2NO5S/c1-12(2)19-9(6-18-21(15,16)17)11(20-12)10-7(13)4-3-5-8(10)14/h3-5H,6H2,1-2H3,(H2,15,16,17). The van der Waals surface area contributed by atoms with Crippen molar-refractivity contribution in [1.82, 2.24) is 0 Å². The largest absolute Gasteiger partial charge is 0.451 e. The van der Waals surface area contributed by atoms with Crippen molar-refractivity contribution in [2.45, 2.75) is 19.6 Å². The monoisotopic (exact) mass is 353 g/mol. The van der Waals surface area contributed by atoms with Crippen LogP contribution >= 0.6 is 23.2 Å². The van der Waals surface area contributed by atoms with Crippen LogP contribution in [0.15, 0.2) is 24.0 Å². The molecule has 0 atom stereocenters. The van der Waals surface area contributed by atoms with Gasteiger partial charge in [-0.2, -0.15) is 8.42 Å². The highest BCUT2D eigenvalue weighted by Gasteiger charge is 2.37. The second-order valence-corrected chi connectivity index (χ2v) is 6.74. The lowest BCUT2D eigenvalue weighted by Gasteiger charge is -2.19. The molecule has 0 bridgehead atoms. The van der Waals surface area contributed by atoms with Crippen LogP contribution in [-0.2, 0) is 24.0 Å². The van der Waals surface area contributed by atoms with Crippen LogP contribution in [0, 0.1) is 0 Å². The maximum atomic E-state index is 10.9. The van der Waals surface area contributed by atoms with Crippen LogP contribution in [0.2, 0.25) is 10.0 Å². The van der Waals surface area contributed by atoms with E-state index in [1.807, 2.05) is 0 Å². The van der Waals surface area contributed by atoms with E-state index in [1.165, 1.54) is 0 Å². The SMILES string of the molecule is CC1(C)OC(COS(N)(=O)=O)=C(c2c(Cl)cccc2Cl)O1. The van der Waals surface area contributed by atoms with Gasteiger partial charge in [-0.1, -0.05) is 29.3 Å². The Balaban J connectivity index is 2.44. The molecule has 0 amide bonds. The van der Waals surface area contributed by atoms with E-state index in [-0.39, 0.29) is 11.5 Å². The summed E-state index contributed by atoms with van der Waals surface area (Å²) in [6.45, 7) is 2.89. The van der Waals surface area contributed by atoms with Gasteiger partial charge in [0.15, 0.2) is 11.5 Å². The lowest BCUT2D eigenvalue weighted by atomic mass is 10.1. The number of hydrogen-bond donors (Lipinski definition) is 1. The summed E-state index contributed by atoms with van der Waals surface area (Å²) in [5.41, 5.74) is 0.402. The maximum Gasteiger partial charge on any atom is 0.333 e. The van der Waals surface area contributed by atoms with E-state index in [2.05, 4.69) is 4.18 Å². The van der Waals surface area contributed by atoms with Crippen molar-refractivity contribution in [3.63, 3.8) is 0 Å². The van der Waals surface area contributed by atoms with E-state index in [9.17, 15) is 8.42 Å². The first-order valence-corrected chi connectivity index (χ1v) is 8.04. The molecule has 0 saturated carbocycles. The Hall–Kier alpha value is -0.990. The summed E-state index contributed by atoms with van der Waals surface area (Å²) < 4.78 is 37.5. The van der Waals surface area contributed by atoms with Crippen LogP contribution < -0.4 is 5.14 Å². The number of hydrogen-bond acceptors (Lipinski definition) is 5. The Labute approximate surface area is 132 Å². The van der Waals surface area contributed by atoms with Gasteiger partial charge in [-0.05, 0) is 12.1 Å². The summed E-state index contributed by atoms with van der Waals surface area (Å²) in [7, 11) is -4.11. The lowest BCUT2D eigenvalue weighted by molar-refractivity contribution is -0.113. The van der Waals surface area contributed by atoms with Crippen molar-refractivity contribution >= 4 is 39.3 Å². The van der Waals surface area contributed by atoms with Gasteiger partial charge < -0.3 is 9.47 Å². The Morgan fingerprint density at radius 3 is 2.33 bits per heavy atom. The van der Waals surface area contributed by atoms with Crippen molar-refractivity contribution < 1.29 is 22.1 Å². The minimum atomic E-state index is -4.11. The normalized spacial score (nSPS) is 17.6. The van der Waals surface area contributed by atoms with Crippen LogP contribution in [0.5, 0.6) is 0 Å². The quantitative estimate of drug-likeness (QED) is 0.898. The highest BCUT2D eigenvalue weighted by Crippen LogP contribution is 2.41. The zero-order valence-electron chi connectivity index (χ0n) is 11.2. The number of halogens is 2. The van der Waals surface area contributed by atoms with Gasteiger partial charge in [0.25, 0.3) is 0 Å². The van der Waals surface area contributed by atoms with Gasteiger partial charge in [0.1, 0.15) is 6.61 Å². The number of rotatable bonds is 4. The summed E-state index contributed by atoms with van der Waals surface area (Å²) in [6.07, 6.45) is 0. The molecule has 1 aromatic carbocycles. The van der Waals surface area contributed by atoms with Gasteiger partial charge in [0, 0.05) is 13.8 Å². The predicted octanol–water partition coefficient (Wildman–Crippen LogP) is 2.67. The molecule has 1 aliphatic heterocycles. The fraction of sp³-hybridized carbons (Fsp3) is 0.333. The van der Waals surface area contributed by atoms with Gasteiger partial charge in [0.05, 0.1) is 15.6 Å². The van der Waals surface area contributed by atoms with Crippen LogP contribution in [0.4, 0.5) is 0 Å². The molecule has 0 unspecified atom stereocenters. The van der Waals surface area contributed by atoms with Crippen molar-refractivity contribution in [2.24, 2.45) is 5.14 Å². The molecule has 0 aromatic heterocycles. The molecule has 2 N–H and O–H groups in total. The minimum Gasteiger partial charge on any atom is -0.451 e. The summed E-state index contributed by atoms with van der Waals surface area (Å²) in [5.74, 6) is -0.641. The van der Waals surface area contributed by atoms with Gasteiger partial charge in [-0.25, -0.2) is 9.32 Å². The Morgan fingerprint density at radius 2 is 1.81 bits per heavy atom. The highest BCUT2D eigenvalue weighted by molar-refractivity contribution is 7.84. The second-order valence-electron chi connectivity index (χ2n) is 4.71. The molecule has 0 fully saturated rings. The van der Waals surface area contributed by atoms with Crippen molar-refractivity contribution in [3.05, 3.63) is 39.6 Å². The smallest absolute Gasteiger partial charge is 0.333 e. The van der Waals surface area contributed by atoms with Crippen LogP contribution in [0.25, 0.3) is 5.76 Å². The molecule has 1 aromatic rings. The van der Waals surface area contributed by atoms with Crippen molar-refractivity contribution in [1.29, 1.82) is 0 Å². The molecule has 0 spiro atoms. The van der Waals surface area contributed by atoms with Gasteiger partial charge in [0.2, 0.25) is 5.79 Å². The van der Waals surface area contributed by atoms with Crippen LogP contribution in [0.3, 0.4) is 0 Å². The van der Waals surface area contributed by atoms with E-state index >= 15 is 0 Å². The Bertz CT molecular complexity index is 679. The second kappa shape index (κ2) is 5.66. The van der Waals surface area contributed by atoms with Gasteiger partial charge in [-0.15, -0.1) is 0 Å². The first-order chi connectivity index (χ1) is 9.59. The van der Waals surface area contributed by atoms with Crippen LogP contribution in [-0.4, -0.2) is 20.8 Å². The zero-order chi connectivity index (χ0) is 15.8. The molecule has 1 heterocycles. The summed E-state index contributed by atoms with van der Waals surface area (Å²) in [4.78, 5) is 0. The van der Waals surface area contributed by atoms with E-state index in [4.69, 9.17) is 37.8 Å². The molecule has 9 heteroatoms. The molecule has 0 radical (unpaired) electrons. The molecule has 0 aliphatic carbocycles. The average molecular weight is 354 g/mol. The summed E-state index contributed by atoms with van der Waals surface area (Å²) >= 11 is 12.2. The van der Waals surface area contributed by atoms with Crippen molar-refractivity contribution in [3.8, 4) is 0 Å². The molecule has 6 nitrogen and oxygen atoms in total. The average Bonchev–Trinajstić information content (AvgIpc) is 2.61. The highest BCUT2D eigenvalue weighted by atomic mass is 35.5. The number of nitrogens with two attached hydrogens (primary N) is 1. The summed E-state index contributed by atoms with van der Waals surface area (Å²) in [6, 6.07) is 4.93. The lowest BCUT2D eigenvalue weighted by Crippen LogP contribution is -2.22. The minimum absolute atomic E-state index is 0.143. The first kappa shape index (κ1) is 16.4. The third-order valence-corrected chi connectivity index (χ3v) is 3.59. The molecule has 2 rings (SSSR count). The van der Waals surface area contributed by atoms with Gasteiger partial charge in [-0.3, -0.25) is 0 Å². The van der Waals surface area contributed by atoms with E-state index in [0.29, 0.717) is 15.6 Å². The van der Waals surface area contributed by atoms with Crippen molar-refractivity contribution in [2.75, 3.05) is 6.61 Å². The fourth-order valence-corrected chi connectivity index (χ4v) is 2.64. The molecular weight excluding hydrogens is 341 g/mol. The maximum absolute atomic E-state index is 10.9. The topological polar surface area (TPSA) is 87.9 Å². The molecule has 1 aliphatic rings. The first-order valence-electron chi connectivity index (χ1n) is 5.82.